The smallest absolute Gasteiger partial charge is 0.274 e. The summed E-state index contributed by atoms with van der Waals surface area (Å²) in [7, 11) is 1.71. The van der Waals surface area contributed by atoms with Gasteiger partial charge in [0.1, 0.15) is 6.04 Å². The van der Waals surface area contributed by atoms with Gasteiger partial charge in [-0.2, -0.15) is 0 Å². The predicted octanol–water partition coefficient (Wildman–Crippen LogP) is 2.71. The first kappa shape index (κ1) is 21.6. The number of aromatic amines is 1. The van der Waals surface area contributed by atoms with Crippen LogP contribution in [0.5, 0.6) is 0 Å². The van der Waals surface area contributed by atoms with Gasteiger partial charge in [-0.25, -0.2) is 9.67 Å². The van der Waals surface area contributed by atoms with Crippen molar-refractivity contribution in [2.45, 2.75) is 24.9 Å². The summed E-state index contributed by atoms with van der Waals surface area (Å²) >= 11 is 1.52. The topological polar surface area (TPSA) is 109 Å². The molecule has 1 aliphatic heterocycles. The summed E-state index contributed by atoms with van der Waals surface area (Å²) in [5, 5.41) is 10.8. The highest BCUT2D eigenvalue weighted by molar-refractivity contribution is 7.99. The quantitative estimate of drug-likeness (QED) is 0.496. The van der Waals surface area contributed by atoms with E-state index in [4.69, 9.17) is 0 Å². The molecule has 0 bridgehead atoms. The molecule has 2 amide bonds. The molecular formula is C22H23N7O2S. The van der Waals surface area contributed by atoms with Crippen molar-refractivity contribution >= 4 is 40.3 Å². The Kier molecular flexibility index (Phi) is 5.95. The van der Waals surface area contributed by atoms with E-state index in [-0.39, 0.29) is 19.0 Å². The minimum Gasteiger partial charge on any atom is -0.345 e. The van der Waals surface area contributed by atoms with Crippen LogP contribution in [0.2, 0.25) is 0 Å². The number of nitrogens with zero attached hydrogens (tertiary/aromatic N) is 5. The van der Waals surface area contributed by atoms with Gasteiger partial charge in [0, 0.05) is 17.7 Å². The Bertz CT molecular complexity index is 1270. The third kappa shape index (κ3) is 4.09. The molecular weight excluding hydrogens is 426 g/mol. The van der Waals surface area contributed by atoms with Gasteiger partial charge in [-0.05, 0) is 17.7 Å². The average Bonchev–Trinajstić information content (AvgIpc) is 3.42. The molecule has 2 N–H and O–H groups in total. The number of H-pyrrole nitrogens is 1. The number of rotatable bonds is 4. The van der Waals surface area contributed by atoms with Gasteiger partial charge in [0.05, 0.1) is 35.8 Å². The van der Waals surface area contributed by atoms with Crippen LogP contribution in [0.3, 0.4) is 0 Å². The first-order chi connectivity index (χ1) is 15.1. The van der Waals surface area contributed by atoms with Crippen LogP contribution in [0.15, 0.2) is 59.9 Å². The number of anilines is 1. The van der Waals surface area contributed by atoms with Crippen molar-refractivity contribution in [1.29, 1.82) is 0 Å². The number of carbonyl (C=O) groups excluding carboxylic acids is 2. The molecule has 0 saturated heterocycles. The molecule has 32 heavy (non-hydrogen) atoms. The zero-order chi connectivity index (χ0) is 21.4. The molecule has 2 aromatic heterocycles. The zero-order valence-corrected chi connectivity index (χ0v) is 17.5. The molecule has 0 unspecified atom stereocenters. The van der Waals surface area contributed by atoms with Crippen molar-refractivity contribution in [2.24, 2.45) is 0 Å². The van der Waals surface area contributed by atoms with Crippen molar-refractivity contribution in [3.05, 3.63) is 66.2 Å². The molecule has 9 nitrogen and oxygen atoms in total. The lowest BCUT2D eigenvalue weighted by atomic mass is 10.2. The van der Waals surface area contributed by atoms with E-state index in [0.29, 0.717) is 12.3 Å². The van der Waals surface area contributed by atoms with Crippen LogP contribution >= 0.6 is 11.8 Å². The Morgan fingerprint density at radius 1 is 1.28 bits per heavy atom. The third-order valence-electron chi connectivity index (χ3n) is 5.16. The maximum Gasteiger partial charge on any atom is 0.274 e. The fourth-order valence-electron chi connectivity index (χ4n) is 3.51. The van der Waals surface area contributed by atoms with E-state index >= 15 is 0 Å². The van der Waals surface area contributed by atoms with Crippen LogP contribution in [0.4, 0.5) is 5.69 Å². The van der Waals surface area contributed by atoms with Gasteiger partial charge in [-0.15, -0.1) is 16.9 Å². The van der Waals surface area contributed by atoms with Crippen LogP contribution in [0.1, 0.15) is 23.5 Å². The van der Waals surface area contributed by atoms with Crippen LogP contribution in [0, 0.1) is 0 Å². The third-order valence-corrected chi connectivity index (χ3v) is 6.30. The largest absolute Gasteiger partial charge is 0.345 e. The fourth-order valence-corrected chi connectivity index (χ4v) is 4.62. The number of imidazole rings is 1. The summed E-state index contributed by atoms with van der Waals surface area (Å²) in [5.74, 6) is -0.197. The van der Waals surface area contributed by atoms with Gasteiger partial charge in [0.2, 0.25) is 5.91 Å². The van der Waals surface area contributed by atoms with E-state index < -0.39 is 11.9 Å². The number of thioether (sulfide) groups is 1. The number of hydrogen-bond donors (Lipinski definition) is 2. The van der Waals surface area contributed by atoms with Gasteiger partial charge < -0.3 is 15.2 Å². The van der Waals surface area contributed by atoms with Gasteiger partial charge >= 0.3 is 0 Å². The van der Waals surface area contributed by atoms with E-state index in [2.05, 4.69) is 25.6 Å². The Morgan fingerprint density at radius 2 is 2.09 bits per heavy atom. The molecule has 0 fully saturated rings. The molecule has 2 aromatic carbocycles. The number of likely N-dealkylation sites (N-methyl/N-ethyl adjacent to an activating group) is 1. The van der Waals surface area contributed by atoms with Crippen LogP contribution in [-0.2, 0) is 11.3 Å². The molecule has 1 atom stereocenters. The second kappa shape index (κ2) is 8.83. The Balaban J connectivity index is 0.00000245. The first-order valence-electron chi connectivity index (χ1n) is 9.71. The Labute approximate surface area is 189 Å². The zero-order valence-electron chi connectivity index (χ0n) is 16.6. The highest BCUT2D eigenvalue weighted by Crippen LogP contribution is 2.36. The molecule has 4 aromatic rings. The number of nitrogens with one attached hydrogen (secondary N) is 2. The number of hydrogen-bond acceptors (Lipinski definition) is 6. The lowest BCUT2D eigenvalue weighted by molar-refractivity contribution is -0.119. The maximum atomic E-state index is 13.0. The van der Waals surface area contributed by atoms with Gasteiger partial charge in [0.15, 0.2) is 5.69 Å². The average molecular weight is 450 g/mol. The summed E-state index contributed by atoms with van der Waals surface area (Å²) in [6, 6.07) is 13.0. The number of benzene rings is 2. The molecule has 0 aliphatic carbocycles. The summed E-state index contributed by atoms with van der Waals surface area (Å²) in [5.41, 5.74) is 3.72. The van der Waals surface area contributed by atoms with Crippen molar-refractivity contribution in [2.75, 3.05) is 17.7 Å². The molecule has 3 heterocycles. The van der Waals surface area contributed by atoms with E-state index in [1.54, 1.807) is 29.2 Å². The normalized spacial score (nSPS) is 15.7. The standard InChI is InChI=1S/C21H19N7O2S.CH4/c1-27-18-7-14-15(23-12-22-14)8-19(18)31-11-17(21(27)30)24-20(29)16-10-28(26-25-16)9-13-5-3-2-4-6-13;/h2-8,10,12,17H,9,11H2,1H3,(H,22,23)(H,24,29);1H4/t17-;/m0./s1. The van der Waals surface area contributed by atoms with Gasteiger partial charge in [0.25, 0.3) is 5.91 Å². The second-order valence-electron chi connectivity index (χ2n) is 7.26. The lowest BCUT2D eigenvalue weighted by Gasteiger charge is -2.21. The number of aromatic nitrogens is 5. The van der Waals surface area contributed by atoms with E-state index in [0.717, 1.165) is 27.2 Å². The molecule has 10 heteroatoms. The minimum atomic E-state index is -0.680. The highest BCUT2D eigenvalue weighted by atomic mass is 32.2. The van der Waals surface area contributed by atoms with Crippen LogP contribution in [-0.4, -0.2) is 55.6 Å². The molecule has 0 radical (unpaired) electrons. The predicted molar refractivity (Wildman–Crippen MR) is 124 cm³/mol. The monoisotopic (exact) mass is 449 g/mol. The first-order valence-corrected chi connectivity index (χ1v) is 10.7. The molecule has 0 spiro atoms. The van der Waals surface area contributed by atoms with E-state index in [9.17, 15) is 9.59 Å². The number of fused-ring (bicyclic) bond motifs is 2. The lowest BCUT2D eigenvalue weighted by Crippen LogP contribution is -2.48. The van der Waals surface area contributed by atoms with Crippen molar-refractivity contribution in [1.82, 2.24) is 30.3 Å². The van der Waals surface area contributed by atoms with Gasteiger partial charge in [-0.3, -0.25) is 9.59 Å². The van der Waals surface area contributed by atoms with Crippen molar-refractivity contribution in [3.8, 4) is 0 Å². The second-order valence-corrected chi connectivity index (χ2v) is 8.32. The molecule has 0 saturated carbocycles. The molecule has 164 valence electrons. The SMILES string of the molecule is C.CN1C(=O)[C@@H](NC(=O)c2cn(Cc3ccccc3)nn2)CSc2cc3nc[nH]c3cc21. The highest BCUT2D eigenvalue weighted by Gasteiger charge is 2.31. The molecule has 5 rings (SSSR count). The Hall–Kier alpha value is -3.66. The van der Waals surface area contributed by atoms with Crippen LogP contribution < -0.4 is 10.2 Å². The summed E-state index contributed by atoms with van der Waals surface area (Å²) < 4.78 is 1.60. The number of amides is 2. The fraction of sp³-hybridized carbons (Fsp3) is 0.227. The van der Waals surface area contributed by atoms with Crippen LogP contribution in [0.25, 0.3) is 11.0 Å². The van der Waals surface area contributed by atoms with Crippen molar-refractivity contribution < 1.29 is 9.59 Å². The summed E-state index contributed by atoms with van der Waals surface area (Å²) in [6.07, 6.45) is 3.22. The number of carbonyl (C=O) groups is 2. The Morgan fingerprint density at radius 3 is 2.91 bits per heavy atom. The molecule has 1 aliphatic rings. The van der Waals surface area contributed by atoms with Gasteiger partial charge in [-0.1, -0.05) is 43.0 Å². The van der Waals surface area contributed by atoms with Crippen molar-refractivity contribution in [3.63, 3.8) is 0 Å². The maximum absolute atomic E-state index is 13.0. The summed E-state index contributed by atoms with van der Waals surface area (Å²) in [6.45, 7) is 0.512. The van der Waals surface area contributed by atoms with E-state index in [1.807, 2.05) is 42.5 Å². The minimum absolute atomic E-state index is 0. The van der Waals surface area contributed by atoms with E-state index in [1.165, 1.54) is 11.8 Å². The summed E-state index contributed by atoms with van der Waals surface area (Å²) in [4.78, 5) is 35.6.